The largest absolute Gasteiger partial charge is 0.477 e. The van der Waals surface area contributed by atoms with Gasteiger partial charge in [-0.25, -0.2) is 73.4 Å². The molecule has 16 heterocycles. The number of carboxylic acids is 1. The molecule has 4 aliphatic rings. The number of pyridine rings is 4. The van der Waals surface area contributed by atoms with Gasteiger partial charge in [-0.2, -0.15) is 52.7 Å². The van der Waals surface area contributed by atoms with Gasteiger partial charge in [0.1, 0.15) is 84.6 Å². The molecule has 12 aromatic heterocycles. The van der Waals surface area contributed by atoms with Crippen LogP contribution in [0.4, 0.5) is 84.7 Å². The summed E-state index contributed by atoms with van der Waals surface area (Å²) in [5.74, 6) is -5.31. The van der Waals surface area contributed by atoms with Crippen LogP contribution in [0.15, 0.2) is 105 Å². The number of carboxylic acid groups (broad SMARTS) is 1. The van der Waals surface area contributed by atoms with Crippen molar-refractivity contribution >= 4 is 143 Å². The minimum absolute atomic E-state index is 0. The fourth-order valence-electron chi connectivity index (χ4n) is 13.2. The van der Waals surface area contributed by atoms with Gasteiger partial charge in [0.25, 0.3) is 0 Å². The van der Waals surface area contributed by atoms with Crippen molar-refractivity contribution in [3.8, 4) is 45.6 Å². The highest BCUT2D eigenvalue weighted by molar-refractivity contribution is 6.32. The topological polar surface area (TPSA) is 406 Å². The fourth-order valence-corrected chi connectivity index (χ4v) is 13.8. The molecule has 0 aromatic carbocycles. The normalized spacial score (nSPS) is 16.9. The number of carbonyl (C=O) groups excluding carboxylic acids is 4. The highest BCUT2D eigenvalue weighted by Crippen LogP contribution is 2.37. The average molecular weight is 1800 g/mol. The molecular weight excluding hydrogens is 1730 g/mol. The van der Waals surface area contributed by atoms with Gasteiger partial charge >= 0.3 is 30.7 Å². The lowest BCUT2D eigenvalue weighted by Gasteiger charge is -2.40. The number of ether oxygens (including phenoxy) is 1. The van der Waals surface area contributed by atoms with E-state index in [1.807, 2.05) is 16.0 Å². The average Bonchev–Trinajstić information content (AvgIpc) is 1.47. The third-order valence-corrected chi connectivity index (χ3v) is 19.6. The Labute approximate surface area is 701 Å². The number of hydrogen-bond acceptors (Lipinski definition) is 23. The molecule has 12 aromatic rings. The first kappa shape index (κ1) is 87.5. The standard InChI is InChI=1S/C19H16ClF3N6O3.C18H16ClF4N7O.C18H15ClF4N6O2.C17H14ClF3N6O.4H2/c20-9-4-10-11(7-25-15(10)24-6-9)16-27-12(18(31)32)5-14(28-16)29-3-1-2-13(29)17(30)26-8-19(21,22)23;19-9-3-10-11(5-26-14(10)25-4-9)15-27-6-12(20)16(29-15)30-2-1-24-7-13(30)17(31)28-8-18(21,22)23;19-9-3-10-11(5-25-14(10)24-4-9)15-26-6-12(20)16(28-15)29-1-2-31-7-13(29)17(30)27-8-18(21,22)23;18-9-5-10-11(7-24-14(10)23-6-9)15-22-3-1-13(26-15)27-4-2-12(27)16(28)25-8-17(19,20)21;;;;/h4-7,13H,1-3,8H2,(H,24,25)(H,26,30)(H,31,32);3-6,13,24H,1-2,7-8H2,(H,25,26)(H,28,31);3-6,13H,1-2,7-8H2,(H,24,25)(H,27,30);1,3,5-7,12H,2,4,8H2,(H,23,24)(H,25,28);4*1H/t2*13-;;12-;;;;/m10.0..../s1. The number of alkyl halides is 12. The molecule has 1 unspecified atom stereocenters. The molecule has 0 radical (unpaired) electrons. The zero-order chi connectivity index (χ0) is 87.3. The Morgan fingerprint density at radius 2 is 0.844 bits per heavy atom. The number of carbonyl (C=O) groups is 5. The van der Waals surface area contributed by atoms with Crippen molar-refractivity contribution in [3.05, 3.63) is 142 Å². The summed E-state index contributed by atoms with van der Waals surface area (Å²) in [5.41, 5.74) is 3.97. The number of aromatic nitrogens is 16. The van der Waals surface area contributed by atoms with Gasteiger partial charge in [0, 0.05) is 151 Å². The van der Waals surface area contributed by atoms with E-state index in [1.54, 1.807) is 65.3 Å². The number of nitrogens with one attached hydrogen (secondary N) is 9. The van der Waals surface area contributed by atoms with Crippen LogP contribution in [0.1, 0.15) is 35.5 Å². The summed E-state index contributed by atoms with van der Waals surface area (Å²) in [4.78, 5) is 129. The number of fused-ring (bicyclic) bond motifs is 4. The number of rotatable bonds is 17. The zero-order valence-electron chi connectivity index (χ0n) is 62.1. The molecule has 4 saturated heterocycles. The predicted molar refractivity (Wildman–Crippen MR) is 422 cm³/mol. The number of piperazine rings is 1. The van der Waals surface area contributed by atoms with E-state index in [-0.39, 0.29) is 79.2 Å². The van der Waals surface area contributed by atoms with E-state index < -0.39 is 116 Å². The Bertz CT molecular complexity index is 5730. The lowest BCUT2D eigenvalue weighted by atomic mass is 10.0. The minimum atomic E-state index is -4.58. The summed E-state index contributed by atoms with van der Waals surface area (Å²) in [5, 5.41) is 24.0. The van der Waals surface area contributed by atoms with Crippen molar-refractivity contribution in [3.63, 3.8) is 0 Å². The van der Waals surface area contributed by atoms with Crippen molar-refractivity contribution in [1.29, 1.82) is 0 Å². The number of morpholine rings is 1. The highest BCUT2D eigenvalue weighted by Gasteiger charge is 2.41. The molecule has 4 atom stereocenters. The van der Waals surface area contributed by atoms with Crippen LogP contribution in [0.3, 0.4) is 0 Å². The molecule has 0 saturated carbocycles. The second-order valence-electron chi connectivity index (χ2n) is 27.1. The van der Waals surface area contributed by atoms with E-state index in [4.69, 9.17) is 51.1 Å². The Kier molecular flexibility index (Phi) is 26.2. The fraction of sp³-hybridized carbons (Fsp3) is 0.319. The molecule has 650 valence electrons. The minimum Gasteiger partial charge on any atom is -0.477 e. The van der Waals surface area contributed by atoms with Gasteiger partial charge in [0.15, 0.2) is 52.3 Å². The molecule has 10 N–H and O–H groups in total. The lowest BCUT2D eigenvalue weighted by Crippen LogP contribution is -2.59. The van der Waals surface area contributed by atoms with E-state index in [1.165, 1.54) is 51.8 Å². The van der Waals surface area contributed by atoms with Gasteiger partial charge in [-0.1, -0.05) is 46.4 Å². The van der Waals surface area contributed by atoms with Crippen LogP contribution in [0.2, 0.25) is 20.1 Å². The SMILES string of the molecule is O=C(NCC(F)(F)F)C1COCCN1c1nc(-c2c[nH]c3ncc(Cl)cc23)ncc1F.O=C(NCC(F)(F)F)[C@@H]1CCN1c1ccnc(-c2c[nH]c3ncc(Cl)cc23)n1.O=C(NCC(F)(F)F)[C@@H]1CNCCN1c1nc(-c2c[nH]c3ncc(Cl)cc23)ncc1F.O=C(O)c1cc(N2CCC[C@@H]2C(=O)NCC(F)(F)F)nc(-c2c[nH]c3ncc(Cl)cc23)n1.[HH].[HH].[HH].[HH]. The summed E-state index contributed by atoms with van der Waals surface area (Å²) >= 11 is 24.1. The zero-order valence-corrected chi connectivity index (χ0v) is 65.1. The molecule has 4 amide bonds. The summed E-state index contributed by atoms with van der Waals surface area (Å²) in [6, 6.07) is 5.60. The van der Waals surface area contributed by atoms with Crippen LogP contribution in [0, 0.1) is 11.6 Å². The van der Waals surface area contributed by atoms with E-state index in [2.05, 4.69) is 85.1 Å². The second kappa shape index (κ2) is 36.6. The summed E-state index contributed by atoms with van der Waals surface area (Å²) in [6.45, 7) is -4.36. The van der Waals surface area contributed by atoms with Gasteiger partial charge in [-0.05, 0) is 49.6 Å². The van der Waals surface area contributed by atoms with Gasteiger partial charge in [-0.15, -0.1) is 0 Å². The van der Waals surface area contributed by atoms with Crippen LogP contribution in [-0.4, -0.2) is 242 Å². The van der Waals surface area contributed by atoms with E-state index in [9.17, 15) is 90.5 Å². The van der Waals surface area contributed by atoms with Crippen LogP contribution in [-0.2, 0) is 23.9 Å². The van der Waals surface area contributed by atoms with Crippen molar-refractivity contribution in [2.45, 2.75) is 68.1 Å². The van der Waals surface area contributed by atoms with E-state index >= 15 is 0 Å². The molecular formula is C72H69Cl4F14N25O7. The number of halogens is 18. The lowest BCUT2D eigenvalue weighted by molar-refractivity contribution is -0.140. The molecule has 0 bridgehead atoms. The number of hydrogen-bond donors (Lipinski definition) is 10. The van der Waals surface area contributed by atoms with Crippen LogP contribution in [0.25, 0.3) is 89.7 Å². The number of amides is 4. The maximum atomic E-state index is 14.6. The van der Waals surface area contributed by atoms with Gasteiger partial charge in [0.2, 0.25) is 23.6 Å². The number of anilines is 4. The second-order valence-corrected chi connectivity index (χ2v) is 28.8. The molecule has 4 fully saturated rings. The third kappa shape index (κ3) is 21.2. The summed E-state index contributed by atoms with van der Waals surface area (Å²) in [7, 11) is 0. The van der Waals surface area contributed by atoms with Crippen molar-refractivity contribution in [2.24, 2.45) is 0 Å². The number of nitrogens with zero attached hydrogens (tertiary/aromatic N) is 16. The van der Waals surface area contributed by atoms with Gasteiger partial charge in [0.05, 0.1) is 45.7 Å². The predicted octanol–water partition coefficient (Wildman–Crippen LogP) is 11.9. The highest BCUT2D eigenvalue weighted by atomic mass is 35.5. The number of aromatic carboxylic acids is 1. The molecule has 50 heteroatoms. The van der Waals surface area contributed by atoms with Crippen LogP contribution >= 0.6 is 46.4 Å². The molecule has 4 aliphatic heterocycles. The van der Waals surface area contributed by atoms with Crippen molar-refractivity contribution < 1.29 is 101 Å². The maximum Gasteiger partial charge on any atom is 0.405 e. The molecule has 32 nitrogen and oxygen atoms in total. The van der Waals surface area contributed by atoms with Crippen LogP contribution in [0.5, 0.6) is 0 Å². The molecule has 0 aliphatic carbocycles. The smallest absolute Gasteiger partial charge is 0.405 e. The number of aromatic amines is 4. The van der Waals surface area contributed by atoms with Crippen molar-refractivity contribution in [2.75, 3.05) is 98.3 Å². The van der Waals surface area contributed by atoms with Crippen molar-refractivity contribution in [1.82, 2.24) is 106 Å². The molecule has 0 spiro atoms. The molecule has 16 rings (SSSR count). The first-order chi connectivity index (χ1) is 57.9. The summed E-state index contributed by atoms with van der Waals surface area (Å²) < 4.78 is 184. The van der Waals surface area contributed by atoms with Gasteiger partial charge < -0.3 is 76.0 Å². The van der Waals surface area contributed by atoms with E-state index in [0.717, 1.165) is 17.8 Å². The van der Waals surface area contributed by atoms with E-state index in [0.29, 0.717) is 132 Å². The Balaban J connectivity index is 0.000000188. The quantitative estimate of drug-likeness (QED) is 0.0379. The first-order valence-electron chi connectivity index (χ1n) is 36.1. The maximum absolute atomic E-state index is 14.6. The Hall–Kier alpha value is -12.3. The third-order valence-electron chi connectivity index (χ3n) is 18.8. The number of H-pyrrole nitrogens is 4. The molecule has 122 heavy (non-hydrogen) atoms. The summed E-state index contributed by atoms with van der Waals surface area (Å²) in [6.07, 6.45) is -1.08. The Morgan fingerprint density at radius 1 is 0.451 bits per heavy atom. The van der Waals surface area contributed by atoms with Gasteiger partial charge in [-0.3, -0.25) is 19.2 Å². The Morgan fingerprint density at radius 3 is 1.27 bits per heavy atom. The van der Waals surface area contributed by atoms with Crippen LogP contribution < -0.4 is 46.2 Å². The first-order valence-corrected chi connectivity index (χ1v) is 37.7. The monoisotopic (exact) mass is 1800 g/mol.